The molecule has 35 heavy (non-hydrogen) atoms. The average Bonchev–Trinajstić information content (AvgIpc) is 3.25. The standard InChI is InChI=1S/C27H24N6O2/c1-2-18-16-33-25(26(28)29-17-30-33)24(18)19-11-13-20(14-12-19)31-27(34)32-21-7-6-10-23(15-21)35-22-8-4-3-5-9-22/h3-17H,2H2,1H3,(H2,28,29,30)(H2,31,32,34). The number of hydrogen-bond acceptors (Lipinski definition) is 5. The summed E-state index contributed by atoms with van der Waals surface area (Å²) in [5.41, 5.74) is 11.3. The fourth-order valence-electron chi connectivity index (χ4n) is 3.95. The molecule has 174 valence electrons. The van der Waals surface area contributed by atoms with Crippen molar-refractivity contribution in [2.45, 2.75) is 13.3 Å². The average molecular weight is 465 g/mol. The van der Waals surface area contributed by atoms with Gasteiger partial charge in [-0.25, -0.2) is 14.3 Å². The van der Waals surface area contributed by atoms with Gasteiger partial charge in [0, 0.05) is 29.2 Å². The van der Waals surface area contributed by atoms with E-state index < -0.39 is 0 Å². The second-order valence-corrected chi connectivity index (χ2v) is 7.92. The molecule has 0 radical (unpaired) electrons. The number of anilines is 3. The Labute approximate surface area is 202 Å². The van der Waals surface area contributed by atoms with E-state index in [2.05, 4.69) is 27.6 Å². The van der Waals surface area contributed by atoms with E-state index in [0.29, 0.717) is 22.9 Å². The van der Waals surface area contributed by atoms with Crippen LogP contribution < -0.4 is 21.1 Å². The molecule has 0 atom stereocenters. The highest BCUT2D eigenvalue weighted by Crippen LogP contribution is 2.33. The van der Waals surface area contributed by atoms with Crippen molar-refractivity contribution in [3.63, 3.8) is 0 Å². The number of hydrogen-bond donors (Lipinski definition) is 3. The largest absolute Gasteiger partial charge is 0.457 e. The van der Waals surface area contributed by atoms with Gasteiger partial charge >= 0.3 is 6.03 Å². The summed E-state index contributed by atoms with van der Waals surface area (Å²) in [5, 5.41) is 9.98. The zero-order valence-corrected chi connectivity index (χ0v) is 19.1. The van der Waals surface area contributed by atoms with E-state index in [9.17, 15) is 4.79 Å². The zero-order chi connectivity index (χ0) is 24.2. The molecule has 0 saturated heterocycles. The Morgan fingerprint density at radius 3 is 2.46 bits per heavy atom. The number of fused-ring (bicyclic) bond motifs is 1. The summed E-state index contributed by atoms with van der Waals surface area (Å²) in [6, 6.07) is 24.0. The van der Waals surface area contributed by atoms with Gasteiger partial charge in [0.05, 0.1) is 0 Å². The van der Waals surface area contributed by atoms with Gasteiger partial charge in [0.25, 0.3) is 0 Å². The number of benzene rings is 3. The molecule has 3 aromatic carbocycles. The minimum absolute atomic E-state index is 0.351. The van der Waals surface area contributed by atoms with Crippen molar-refractivity contribution >= 4 is 28.7 Å². The van der Waals surface area contributed by atoms with Crippen LogP contribution in [0.4, 0.5) is 22.0 Å². The third kappa shape index (κ3) is 4.77. The lowest BCUT2D eigenvalue weighted by Gasteiger charge is -2.11. The van der Waals surface area contributed by atoms with Crippen molar-refractivity contribution < 1.29 is 9.53 Å². The van der Waals surface area contributed by atoms with E-state index in [-0.39, 0.29) is 6.03 Å². The second-order valence-electron chi connectivity index (χ2n) is 7.92. The van der Waals surface area contributed by atoms with Crippen LogP contribution in [0, 0.1) is 0 Å². The van der Waals surface area contributed by atoms with Crippen LogP contribution in [0.1, 0.15) is 12.5 Å². The summed E-state index contributed by atoms with van der Waals surface area (Å²) in [4.78, 5) is 16.7. The number of aryl methyl sites for hydroxylation is 1. The predicted molar refractivity (Wildman–Crippen MR) is 138 cm³/mol. The van der Waals surface area contributed by atoms with Gasteiger partial charge < -0.3 is 21.1 Å². The first-order valence-electron chi connectivity index (χ1n) is 11.2. The van der Waals surface area contributed by atoms with Crippen molar-refractivity contribution in [3.05, 3.63) is 97.0 Å². The number of carbonyl (C=O) groups is 1. The second kappa shape index (κ2) is 9.56. The molecule has 0 saturated carbocycles. The quantitative estimate of drug-likeness (QED) is 0.287. The molecule has 8 nitrogen and oxygen atoms in total. The molecule has 5 aromatic rings. The lowest BCUT2D eigenvalue weighted by atomic mass is 10.0. The summed E-state index contributed by atoms with van der Waals surface area (Å²) in [5.74, 6) is 1.78. The van der Waals surface area contributed by atoms with Crippen LogP contribution in [0.25, 0.3) is 16.6 Å². The SMILES string of the molecule is CCc1cn2ncnc(N)c2c1-c1ccc(NC(=O)Nc2cccc(Oc3ccccc3)c2)cc1. The molecule has 0 aliphatic carbocycles. The first-order valence-corrected chi connectivity index (χ1v) is 11.2. The molecule has 5 rings (SSSR count). The van der Waals surface area contributed by atoms with Gasteiger partial charge in [-0.2, -0.15) is 5.10 Å². The minimum Gasteiger partial charge on any atom is -0.457 e. The summed E-state index contributed by atoms with van der Waals surface area (Å²) in [7, 11) is 0. The normalized spacial score (nSPS) is 10.8. The Hall–Kier alpha value is -4.85. The van der Waals surface area contributed by atoms with Crippen LogP contribution >= 0.6 is 0 Å². The van der Waals surface area contributed by atoms with Gasteiger partial charge in [-0.05, 0) is 53.9 Å². The van der Waals surface area contributed by atoms with Crippen LogP contribution in [0.2, 0.25) is 0 Å². The molecule has 2 heterocycles. The smallest absolute Gasteiger partial charge is 0.323 e. The highest BCUT2D eigenvalue weighted by molar-refractivity contribution is 6.00. The minimum atomic E-state index is -0.351. The van der Waals surface area contributed by atoms with Gasteiger partial charge in [-0.15, -0.1) is 0 Å². The summed E-state index contributed by atoms with van der Waals surface area (Å²) in [6.07, 6.45) is 4.24. The van der Waals surface area contributed by atoms with E-state index in [1.165, 1.54) is 6.33 Å². The molecule has 2 aromatic heterocycles. The van der Waals surface area contributed by atoms with E-state index in [0.717, 1.165) is 34.4 Å². The van der Waals surface area contributed by atoms with Crippen molar-refractivity contribution in [2.24, 2.45) is 0 Å². The summed E-state index contributed by atoms with van der Waals surface area (Å²) < 4.78 is 7.59. The van der Waals surface area contributed by atoms with Crippen molar-refractivity contribution in [3.8, 4) is 22.6 Å². The summed E-state index contributed by atoms with van der Waals surface area (Å²) in [6.45, 7) is 2.09. The highest BCUT2D eigenvalue weighted by atomic mass is 16.5. The number of nitrogens with zero attached hydrogens (tertiary/aromatic N) is 3. The number of ether oxygens (including phenoxy) is 1. The number of nitrogens with two attached hydrogens (primary N) is 1. The third-order valence-corrected chi connectivity index (χ3v) is 5.56. The van der Waals surface area contributed by atoms with Gasteiger partial charge in [0.1, 0.15) is 23.3 Å². The van der Waals surface area contributed by atoms with Crippen LogP contribution in [0.3, 0.4) is 0 Å². The van der Waals surface area contributed by atoms with Crippen LogP contribution in [-0.2, 0) is 6.42 Å². The Balaban J connectivity index is 1.29. The number of carbonyl (C=O) groups excluding carboxylic acids is 1. The first-order chi connectivity index (χ1) is 17.1. The number of para-hydroxylation sites is 1. The number of nitrogen functional groups attached to an aromatic ring is 1. The molecule has 0 unspecified atom stereocenters. The van der Waals surface area contributed by atoms with E-state index in [4.69, 9.17) is 10.5 Å². The molecule has 4 N–H and O–H groups in total. The Bertz CT molecular complexity index is 1480. The van der Waals surface area contributed by atoms with Gasteiger partial charge in [0.15, 0.2) is 5.82 Å². The van der Waals surface area contributed by atoms with Gasteiger partial charge in [0.2, 0.25) is 0 Å². The van der Waals surface area contributed by atoms with Gasteiger partial charge in [-0.3, -0.25) is 0 Å². The number of amides is 2. The van der Waals surface area contributed by atoms with E-state index >= 15 is 0 Å². The number of aromatic nitrogens is 3. The van der Waals surface area contributed by atoms with Crippen LogP contribution in [0.5, 0.6) is 11.5 Å². The molecule has 0 fully saturated rings. The van der Waals surface area contributed by atoms with Crippen LogP contribution in [0.15, 0.2) is 91.4 Å². The zero-order valence-electron chi connectivity index (χ0n) is 19.1. The Morgan fingerprint density at radius 2 is 1.69 bits per heavy atom. The van der Waals surface area contributed by atoms with Crippen molar-refractivity contribution in [1.82, 2.24) is 14.6 Å². The lowest BCUT2D eigenvalue weighted by molar-refractivity contribution is 0.262. The molecule has 0 bridgehead atoms. The molecule has 8 heteroatoms. The maximum Gasteiger partial charge on any atom is 0.323 e. The Morgan fingerprint density at radius 1 is 0.943 bits per heavy atom. The fourth-order valence-corrected chi connectivity index (χ4v) is 3.95. The molecular weight excluding hydrogens is 440 g/mol. The topological polar surface area (TPSA) is 107 Å². The lowest BCUT2D eigenvalue weighted by Crippen LogP contribution is -2.19. The Kier molecular flexibility index (Phi) is 6.00. The molecule has 0 aliphatic heterocycles. The van der Waals surface area contributed by atoms with Crippen molar-refractivity contribution in [2.75, 3.05) is 16.4 Å². The molecular formula is C27H24N6O2. The van der Waals surface area contributed by atoms with E-state index in [1.807, 2.05) is 72.9 Å². The summed E-state index contributed by atoms with van der Waals surface area (Å²) >= 11 is 0. The van der Waals surface area contributed by atoms with Crippen molar-refractivity contribution in [1.29, 1.82) is 0 Å². The fraction of sp³-hybridized carbons (Fsp3) is 0.0741. The number of nitrogens with one attached hydrogen (secondary N) is 2. The molecule has 0 spiro atoms. The van der Waals surface area contributed by atoms with Crippen LogP contribution in [-0.4, -0.2) is 20.6 Å². The molecule has 0 aliphatic rings. The number of rotatable bonds is 6. The maximum absolute atomic E-state index is 12.6. The monoisotopic (exact) mass is 464 g/mol. The number of urea groups is 1. The first kappa shape index (κ1) is 22.0. The predicted octanol–water partition coefficient (Wildman–Crippen LogP) is 5.98. The molecule has 2 amide bonds. The maximum atomic E-state index is 12.6. The highest BCUT2D eigenvalue weighted by Gasteiger charge is 2.15. The van der Waals surface area contributed by atoms with Gasteiger partial charge in [-0.1, -0.05) is 43.3 Å². The van der Waals surface area contributed by atoms with E-state index in [1.54, 1.807) is 16.6 Å². The third-order valence-electron chi connectivity index (χ3n) is 5.56.